The van der Waals surface area contributed by atoms with Crippen LogP contribution in [0.5, 0.6) is 0 Å². The van der Waals surface area contributed by atoms with Crippen LogP contribution in [-0.2, 0) is 11.2 Å². The lowest BCUT2D eigenvalue weighted by molar-refractivity contribution is -0.384. The smallest absolute Gasteiger partial charge is 0.269 e. The highest BCUT2D eigenvalue weighted by Crippen LogP contribution is 2.15. The van der Waals surface area contributed by atoms with Gasteiger partial charge in [-0.05, 0) is 18.4 Å². The number of nitrogens with zero attached hydrogens (tertiary/aromatic N) is 2. The summed E-state index contributed by atoms with van der Waals surface area (Å²) in [4.78, 5) is 23.9. The number of hydrogen-bond acceptors (Lipinski definition) is 4. The molecule has 0 saturated carbocycles. The maximum Gasteiger partial charge on any atom is 0.269 e. The summed E-state index contributed by atoms with van der Waals surface area (Å²) in [5.74, 6) is 0.0689. The molecule has 1 aromatic rings. The van der Waals surface area contributed by atoms with Gasteiger partial charge in [-0.25, -0.2) is 0 Å². The average Bonchev–Trinajstić information content (AvgIpc) is 2.83. The number of amides is 1. The number of hydrogen-bond donors (Lipinski definition) is 1. The van der Waals surface area contributed by atoms with E-state index in [0.717, 1.165) is 18.5 Å². The van der Waals surface area contributed by atoms with E-state index in [1.54, 1.807) is 17.0 Å². The number of nitro groups is 1. The van der Waals surface area contributed by atoms with Crippen LogP contribution in [0.4, 0.5) is 5.69 Å². The van der Waals surface area contributed by atoms with Crippen LogP contribution >= 0.6 is 0 Å². The Morgan fingerprint density at radius 2 is 2.32 bits per heavy atom. The summed E-state index contributed by atoms with van der Waals surface area (Å²) in [5, 5.41) is 10.7. The quantitative estimate of drug-likeness (QED) is 0.650. The standard InChI is InChI=1S/C13H17N3O3/c14-11-6-7-15(9-11)13(17)5-4-10-2-1-3-12(8-10)16(18)19/h1-3,8,11H,4-7,9,14H2/t11-/m1/s1. The van der Waals surface area contributed by atoms with Gasteiger partial charge in [-0.2, -0.15) is 0 Å². The second-order valence-electron chi connectivity index (χ2n) is 4.82. The first-order valence-electron chi connectivity index (χ1n) is 6.33. The molecule has 2 N–H and O–H groups in total. The first-order chi connectivity index (χ1) is 9.06. The number of non-ortho nitro benzene ring substituents is 1. The van der Waals surface area contributed by atoms with Crippen LogP contribution in [0, 0.1) is 10.1 Å². The number of aryl methyl sites for hydroxylation is 1. The Bertz CT molecular complexity index is 490. The summed E-state index contributed by atoms with van der Waals surface area (Å²) < 4.78 is 0. The van der Waals surface area contributed by atoms with Crippen molar-refractivity contribution in [3.05, 3.63) is 39.9 Å². The van der Waals surface area contributed by atoms with Crippen molar-refractivity contribution >= 4 is 11.6 Å². The van der Waals surface area contributed by atoms with Crippen molar-refractivity contribution in [2.45, 2.75) is 25.3 Å². The van der Waals surface area contributed by atoms with Gasteiger partial charge in [-0.15, -0.1) is 0 Å². The topological polar surface area (TPSA) is 89.5 Å². The van der Waals surface area contributed by atoms with E-state index < -0.39 is 4.92 Å². The number of carbonyl (C=O) groups excluding carboxylic acids is 1. The van der Waals surface area contributed by atoms with E-state index >= 15 is 0 Å². The highest BCUT2D eigenvalue weighted by atomic mass is 16.6. The lowest BCUT2D eigenvalue weighted by atomic mass is 10.1. The van der Waals surface area contributed by atoms with Crippen molar-refractivity contribution in [1.29, 1.82) is 0 Å². The SMILES string of the molecule is N[C@@H]1CCN(C(=O)CCc2cccc([N+](=O)[O-])c2)C1. The zero-order valence-electron chi connectivity index (χ0n) is 10.6. The molecule has 0 spiro atoms. The Morgan fingerprint density at radius 3 is 2.95 bits per heavy atom. The lowest BCUT2D eigenvalue weighted by Gasteiger charge is -2.15. The predicted molar refractivity (Wildman–Crippen MR) is 70.6 cm³/mol. The van der Waals surface area contributed by atoms with Crippen molar-refractivity contribution in [3.8, 4) is 0 Å². The minimum atomic E-state index is -0.426. The maximum absolute atomic E-state index is 11.9. The molecule has 0 bridgehead atoms. The monoisotopic (exact) mass is 263 g/mol. The minimum Gasteiger partial charge on any atom is -0.341 e. The number of nitrogens with two attached hydrogens (primary N) is 1. The largest absolute Gasteiger partial charge is 0.341 e. The second-order valence-corrected chi connectivity index (χ2v) is 4.82. The molecule has 1 aromatic carbocycles. The minimum absolute atomic E-state index is 0.0631. The summed E-state index contributed by atoms with van der Waals surface area (Å²) in [6.45, 7) is 1.34. The van der Waals surface area contributed by atoms with Gasteiger partial charge in [-0.1, -0.05) is 12.1 Å². The Balaban J connectivity index is 1.90. The average molecular weight is 263 g/mol. The van der Waals surface area contributed by atoms with Gasteiger partial charge in [0.05, 0.1) is 4.92 Å². The van der Waals surface area contributed by atoms with Crippen LogP contribution in [-0.4, -0.2) is 34.9 Å². The van der Waals surface area contributed by atoms with E-state index in [4.69, 9.17) is 5.73 Å². The summed E-state index contributed by atoms with van der Waals surface area (Å²) in [6, 6.07) is 6.50. The van der Waals surface area contributed by atoms with Crippen molar-refractivity contribution < 1.29 is 9.72 Å². The molecule has 102 valence electrons. The van der Waals surface area contributed by atoms with Gasteiger partial charge in [0.2, 0.25) is 5.91 Å². The van der Waals surface area contributed by atoms with Gasteiger partial charge in [0.25, 0.3) is 5.69 Å². The summed E-state index contributed by atoms with van der Waals surface area (Å²) in [5.41, 5.74) is 6.63. The van der Waals surface area contributed by atoms with Gasteiger partial charge in [-0.3, -0.25) is 14.9 Å². The third kappa shape index (κ3) is 3.51. The van der Waals surface area contributed by atoms with Gasteiger partial charge < -0.3 is 10.6 Å². The molecule has 0 unspecified atom stereocenters. The van der Waals surface area contributed by atoms with Gasteiger partial charge >= 0.3 is 0 Å². The number of benzene rings is 1. The van der Waals surface area contributed by atoms with Crippen LogP contribution in [0.15, 0.2) is 24.3 Å². The van der Waals surface area contributed by atoms with Crippen molar-refractivity contribution in [1.82, 2.24) is 4.90 Å². The van der Waals surface area contributed by atoms with Crippen LogP contribution in [0.1, 0.15) is 18.4 Å². The summed E-state index contributed by atoms with van der Waals surface area (Å²) in [7, 11) is 0. The van der Waals surface area contributed by atoms with Crippen molar-refractivity contribution in [2.24, 2.45) is 5.73 Å². The Hall–Kier alpha value is -1.95. The fourth-order valence-corrected chi connectivity index (χ4v) is 2.25. The van der Waals surface area contributed by atoms with Gasteiger partial charge in [0, 0.05) is 37.7 Å². The molecule has 1 aliphatic rings. The fraction of sp³-hybridized carbons (Fsp3) is 0.462. The van der Waals surface area contributed by atoms with E-state index in [0.29, 0.717) is 19.4 Å². The van der Waals surface area contributed by atoms with Gasteiger partial charge in [0.15, 0.2) is 0 Å². The fourth-order valence-electron chi connectivity index (χ4n) is 2.25. The molecule has 19 heavy (non-hydrogen) atoms. The Labute approximate surface area is 111 Å². The molecule has 1 amide bonds. The second kappa shape index (κ2) is 5.79. The normalized spacial score (nSPS) is 18.6. The maximum atomic E-state index is 11.9. The van der Waals surface area contributed by atoms with E-state index in [-0.39, 0.29) is 17.6 Å². The van der Waals surface area contributed by atoms with Crippen LogP contribution in [0.3, 0.4) is 0 Å². The summed E-state index contributed by atoms with van der Waals surface area (Å²) in [6.07, 6.45) is 1.74. The molecule has 0 radical (unpaired) electrons. The van der Waals surface area contributed by atoms with Crippen LogP contribution in [0.2, 0.25) is 0 Å². The van der Waals surface area contributed by atoms with Crippen LogP contribution < -0.4 is 5.73 Å². The molecule has 6 heteroatoms. The van der Waals surface area contributed by atoms with E-state index in [1.165, 1.54) is 12.1 Å². The van der Waals surface area contributed by atoms with Gasteiger partial charge in [0.1, 0.15) is 0 Å². The third-order valence-electron chi connectivity index (χ3n) is 3.33. The predicted octanol–water partition coefficient (Wildman–Crippen LogP) is 1.09. The molecular weight excluding hydrogens is 246 g/mol. The van der Waals surface area contributed by atoms with Crippen LogP contribution in [0.25, 0.3) is 0 Å². The zero-order chi connectivity index (χ0) is 13.8. The molecule has 1 aliphatic heterocycles. The molecule has 1 atom stereocenters. The third-order valence-corrected chi connectivity index (χ3v) is 3.33. The Kier molecular flexibility index (Phi) is 4.11. The van der Waals surface area contributed by atoms with Crippen molar-refractivity contribution in [3.63, 3.8) is 0 Å². The number of likely N-dealkylation sites (tertiary alicyclic amines) is 1. The molecule has 1 saturated heterocycles. The highest BCUT2D eigenvalue weighted by molar-refractivity contribution is 5.76. The van der Waals surface area contributed by atoms with E-state index in [1.807, 2.05) is 0 Å². The Morgan fingerprint density at radius 1 is 1.53 bits per heavy atom. The first kappa shape index (κ1) is 13.5. The molecule has 0 aromatic heterocycles. The molecule has 2 rings (SSSR count). The zero-order valence-corrected chi connectivity index (χ0v) is 10.6. The molecule has 0 aliphatic carbocycles. The summed E-state index contributed by atoms with van der Waals surface area (Å²) >= 11 is 0. The van der Waals surface area contributed by atoms with Crippen molar-refractivity contribution in [2.75, 3.05) is 13.1 Å². The highest BCUT2D eigenvalue weighted by Gasteiger charge is 2.23. The number of carbonyl (C=O) groups is 1. The molecule has 1 heterocycles. The number of rotatable bonds is 4. The molecular formula is C13H17N3O3. The van der Waals surface area contributed by atoms with E-state index in [2.05, 4.69) is 0 Å². The number of nitro benzene ring substituents is 1. The molecule has 6 nitrogen and oxygen atoms in total. The molecule has 1 fully saturated rings. The first-order valence-corrected chi connectivity index (χ1v) is 6.33. The van der Waals surface area contributed by atoms with E-state index in [9.17, 15) is 14.9 Å². The lowest BCUT2D eigenvalue weighted by Crippen LogP contribution is -2.31.